The molecule has 1 unspecified atom stereocenters. The first-order valence-corrected chi connectivity index (χ1v) is 3.95. The fourth-order valence-corrected chi connectivity index (χ4v) is 1.59. The van der Waals surface area contributed by atoms with Crippen LogP contribution in [0, 0.1) is 0 Å². The Balaban J connectivity index is 2.33. The van der Waals surface area contributed by atoms with Crippen molar-refractivity contribution in [1.29, 1.82) is 0 Å². The van der Waals surface area contributed by atoms with Crippen LogP contribution in [0.3, 0.4) is 0 Å². The van der Waals surface area contributed by atoms with E-state index in [-0.39, 0.29) is 6.17 Å². The third kappa shape index (κ3) is 1.14. The molecule has 2 aliphatic heterocycles. The maximum Gasteiger partial charge on any atom is 0.149 e. The van der Waals surface area contributed by atoms with E-state index in [0.29, 0.717) is 10.3 Å². The summed E-state index contributed by atoms with van der Waals surface area (Å²) < 4.78 is 0. The van der Waals surface area contributed by atoms with Crippen LogP contribution in [0.4, 0.5) is 0 Å². The van der Waals surface area contributed by atoms with E-state index in [4.69, 9.17) is 23.2 Å². The minimum Gasteiger partial charge on any atom is -0.246 e. The lowest BCUT2D eigenvalue weighted by Gasteiger charge is -2.22. The van der Waals surface area contributed by atoms with E-state index in [0.717, 1.165) is 6.42 Å². The molecule has 0 aromatic rings. The van der Waals surface area contributed by atoms with Gasteiger partial charge in [-0.05, 0) is 0 Å². The number of halogens is 2. The topological polar surface area (TPSA) is 28.0 Å². The van der Waals surface area contributed by atoms with Gasteiger partial charge in [-0.2, -0.15) is 5.10 Å². The molecule has 0 radical (unpaired) electrons. The zero-order chi connectivity index (χ0) is 7.84. The molecule has 58 valence electrons. The van der Waals surface area contributed by atoms with Gasteiger partial charge in [-0.25, -0.2) is 10.0 Å². The zero-order valence-electron chi connectivity index (χ0n) is 5.54. The van der Waals surface area contributed by atoms with Crippen molar-refractivity contribution in [3.63, 3.8) is 0 Å². The second-order valence-corrected chi connectivity index (χ2v) is 3.05. The number of nitrogens with zero attached hydrogens (tertiary/aromatic N) is 3. The van der Waals surface area contributed by atoms with Crippen molar-refractivity contribution in [3.8, 4) is 0 Å². The number of aliphatic imine (C=N–C) groups is 1. The summed E-state index contributed by atoms with van der Waals surface area (Å²) in [5, 5.41) is 6.64. The minimum atomic E-state index is -0.0139. The minimum absolute atomic E-state index is 0.0139. The van der Waals surface area contributed by atoms with Gasteiger partial charge in [-0.1, -0.05) is 23.2 Å². The van der Waals surface area contributed by atoms with Gasteiger partial charge in [-0.15, -0.1) is 0 Å². The standard InChI is InChI=1S/C6H5Cl2N3/c7-4-3-5(8)11-6(10-4)1-2-9-11/h2-3,6H,1H2. The van der Waals surface area contributed by atoms with Crippen molar-refractivity contribution in [2.45, 2.75) is 12.6 Å². The molecule has 0 aliphatic carbocycles. The van der Waals surface area contributed by atoms with Crippen LogP contribution in [-0.4, -0.2) is 22.6 Å². The van der Waals surface area contributed by atoms with Gasteiger partial charge in [0.2, 0.25) is 0 Å². The van der Waals surface area contributed by atoms with E-state index < -0.39 is 0 Å². The highest BCUT2D eigenvalue weighted by molar-refractivity contribution is 6.69. The van der Waals surface area contributed by atoms with Crippen LogP contribution in [0.1, 0.15) is 6.42 Å². The summed E-state index contributed by atoms with van der Waals surface area (Å²) in [6, 6.07) is 0. The molecule has 0 aromatic heterocycles. The Morgan fingerprint density at radius 2 is 2.36 bits per heavy atom. The Bertz CT molecular complexity index is 269. The number of hydrazone groups is 1. The van der Waals surface area contributed by atoms with Crippen LogP contribution in [0.5, 0.6) is 0 Å². The van der Waals surface area contributed by atoms with Crippen molar-refractivity contribution in [1.82, 2.24) is 5.01 Å². The van der Waals surface area contributed by atoms with E-state index in [2.05, 4.69) is 10.1 Å². The summed E-state index contributed by atoms with van der Waals surface area (Å²) in [6.45, 7) is 0. The highest BCUT2D eigenvalue weighted by Gasteiger charge is 2.25. The summed E-state index contributed by atoms with van der Waals surface area (Å²) >= 11 is 11.5. The molecule has 3 nitrogen and oxygen atoms in total. The molecule has 2 rings (SSSR count). The Morgan fingerprint density at radius 1 is 1.55 bits per heavy atom. The molecule has 0 spiro atoms. The number of rotatable bonds is 0. The van der Waals surface area contributed by atoms with Crippen LogP contribution in [0.25, 0.3) is 0 Å². The third-order valence-electron chi connectivity index (χ3n) is 1.53. The third-order valence-corrected chi connectivity index (χ3v) is 2.02. The molecule has 0 amide bonds. The van der Waals surface area contributed by atoms with E-state index >= 15 is 0 Å². The number of hydrogen-bond acceptors (Lipinski definition) is 3. The monoisotopic (exact) mass is 189 g/mol. The van der Waals surface area contributed by atoms with Crippen molar-refractivity contribution in [2.24, 2.45) is 10.1 Å². The molecular formula is C6H5Cl2N3. The quantitative estimate of drug-likeness (QED) is 0.534. The molecule has 0 fully saturated rings. The molecular weight excluding hydrogens is 185 g/mol. The molecule has 2 aliphatic rings. The molecule has 0 N–H and O–H groups in total. The SMILES string of the molecule is ClC1=CC(Cl)=NC2CC=NN12. The highest BCUT2D eigenvalue weighted by atomic mass is 35.5. The Morgan fingerprint density at radius 3 is 3.18 bits per heavy atom. The van der Waals surface area contributed by atoms with Gasteiger partial charge in [-0.3, -0.25) is 0 Å². The summed E-state index contributed by atoms with van der Waals surface area (Å²) in [6.07, 6.45) is 4.13. The van der Waals surface area contributed by atoms with Gasteiger partial charge in [0, 0.05) is 18.7 Å². The lowest BCUT2D eigenvalue weighted by molar-refractivity contribution is 0.318. The number of allylic oxidation sites excluding steroid dienone is 1. The summed E-state index contributed by atoms with van der Waals surface area (Å²) in [5.74, 6) is 0. The van der Waals surface area contributed by atoms with Crippen molar-refractivity contribution in [2.75, 3.05) is 0 Å². The fourth-order valence-electron chi connectivity index (χ4n) is 1.06. The lowest BCUT2D eigenvalue weighted by Crippen LogP contribution is -2.26. The van der Waals surface area contributed by atoms with Gasteiger partial charge < -0.3 is 0 Å². The molecule has 0 aromatic carbocycles. The second kappa shape index (κ2) is 2.50. The first-order valence-electron chi connectivity index (χ1n) is 3.19. The van der Waals surface area contributed by atoms with E-state index in [1.54, 1.807) is 17.3 Å². The van der Waals surface area contributed by atoms with E-state index in [1.165, 1.54) is 0 Å². The summed E-state index contributed by atoms with van der Waals surface area (Å²) in [4.78, 5) is 4.12. The average Bonchev–Trinajstić information content (AvgIpc) is 2.34. The van der Waals surface area contributed by atoms with Crippen molar-refractivity contribution >= 4 is 34.6 Å². The Labute approximate surface area is 74.0 Å². The molecule has 0 saturated heterocycles. The van der Waals surface area contributed by atoms with E-state index in [1.807, 2.05) is 0 Å². The largest absolute Gasteiger partial charge is 0.246 e. The molecule has 11 heavy (non-hydrogen) atoms. The average molecular weight is 190 g/mol. The normalized spacial score (nSPS) is 28.2. The van der Waals surface area contributed by atoms with Gasteiger partial charge in [0.15, 0.2) is 0 Å². The fraction of sp³-hybridized carbons (Fsp3) is 0.333. The first-order chi connectivity index (χ1) is 5.27. The van der Waals surface area contributed by atoms with Crippen LogP contribution >= 0.6 is 23.2 Å². The van der Waals surface area contributed by atoms with Crippen LogP contribution in [0.2, 0.25) is 0 Å². The Kier molecular flexibility index (Phi) is 1.62. The van der Waals surface area contributed by atoms with Gasteiger partial charge in [0.25, 0.3) is 0 Å². The lowest BCUT2D eigenvalue weighted by atomic mass is 10.3. The zero-order valence-corrected chi connectivity index (χ0v) is 7.05. The van der Waals surface area contributed by atoms with Crippen LogP contribution in [0.15, 0.2) is 21.3 Å². The van der Waals surface area contributed by atoms with Crippen molar-refractivity contribution < 1.29 is 0 Å². The highest BCUT2D eigenvalue weighted by Crippen LogP contribution is 2.25. The summed E-state index contributed by atoms with van der Waals surface area (Å²) in [7, 11) is 0. The van der Waals surface area contributed by atoms with Gasteiger partial charge in [0.1, 0.15) is 16.5 Å². The predicted octanol–water partition coefficient (Wildman–Crippen LogP) is 1.74. The van der Waals surface area contributed by atoms with E-state index in [9.17, 15) is 0 Å². The maximum atomic E-state index is 5.82. The van der Waals surface area contributed by atoms with Crippen molar-refractivity contribution in [3.05, 3.63) is 11.2 Å². The Hall–Kier alpha value is -0.540. The summed E-state index contributed by atoms with van der Waals surface area (Å²) in [5.41, 5.74) is 0. The molecule has 0 saturated carbocycles. The molecule has 5 heteroatoms. The second-order valence-electron chi connectivity index (χ2n) is 2.28. The molecule has 2 heterocycles. The van der Waals surface area contributed by atoms with Crippen LogP contribution < -0.4 is 0 Å². The predicted molar refractivity (Wildman–Crippen MR) is 46.0 cm³/mol. The smallest absolute Gasteiger partial charge is 0.149 e. The first kappa shape index (κ1) is 7.13. The molecule has 0 bridgehead atoms. The van der Waals surface area contributed by atoms with Gasteiger partial charge >= 0.3 is 0 Å². The molecule has 1 atom stereocenters. The number of hydrogen-bond donors (Lipinski definition) is 0. The van der Waals surface area contributed by atoms with Gasteiger partial charge in [0.05, 0.1) is 0 Å². The number of fused-ring (bicyclic) bond motifs is 1. The van der Waals surface area contributed by atoms with Crippen LogP contribution in [-0.2, 0) is 0 Å². The maximum absolute atomic E-state index is 5.82.